The SMILES string of the molecule is CC(C)C[C@H](NC(=O)[C@H](Cc1ccc(O)cc1)NC(=O)[C@H](CCC(=O)O)NC(=O)[C@H](CO)NC(=O)[C@@H](N)C(CCCC(=O)O)c1c[nH]c2ccccc12)C(=O)N[C@H](C(=O)N[C@@H](CCC(N)=O)C(N)=O)C(CCN)c1ccccc1. The monoisotopic (exact) mass is 1100 g/mol. The van der Waals surface area contributed by atoms with E-state index in [0.717, 1.165) is 5.52 Å². The van der Waals surface area contributed by atoms with Gasteiger partial charge in [-0.25, -0.2) is 0 Å². The lowest BCUT2D eigenvalue weighted by molar-refractivity contribution is -0.139. The van der Waals surface area contributed by atoms with E-state index in [-0.39, 0.29) is 69.6 Å². The Bertz CT molecular complexity index is 2740. The molecule has 0 radical (unpaired) electrons. The van der Waals surface area contributed by atoms with Crippen LogP contribution in [0.1, 0.15) is 100 Å². The van der Waals surface area contributed by atoms with E-state index >= 15 is 0 Å². The van der Waals surface area contributed by atoms with Crippen LogP contribution in [0, 0.1) is 5.92 Å². The van der Waals surface area contributed by atoms with E-state index in [9.17, 15) is 68.4 Å². The van der Waals surface area contributed by atoms with Crippen molar-refractivity contribution in [3.05, 3.63) is 102 Å². The summed E-state index contributed by atoms with van der Waals surface area (Å²) >= 11 is 0. The highest BCUT2D eigenvalue weighted by Crippen LogP contribution is 2.32. The van der Waals surface area contributed by atoms with Gasteiger partial charge in [-0.1, -0.05) is 74.5 Å². The Labute approximate surface area is 455 Å². The molecule has 0 bridgehead atoms. The predicted octanol–water partition coefficient (Wildman–Crippen LogP) is -0.523. The number of para-hydroxylation sites is 1. The van der Waals surface area contributed by atoms with E-state index in [1.807, 2.05) is 0 Å². The summed E-state index contributed by atoms with van der Waals surface area (Å²) in [6.45, 7) is 2.51. The molecule has 428 valence electrons. The lowest BCUT2D eigenvalue weighted by atomic mass is 9.86. The molecule has 0 aliphatic heterocycles. The standard InChI is InChI=1S/C54H73N11O14/c1-29(2)25-40(51(76)65-47(33(23-24-55)31-9-4-3-5-10-31)54(79)60-38(48(58)73)19-21-43(56)68)62-50(75)41(26-30-15-17-32(67)18-16-30)63-49(74)39(20-22-45(71)72)61-52(77)42(28-66)64-53(78)46(57)35(12-8-14-44(69)70)36-27-59-37-13-7-6-11-34(36)37/h3-7,9-11,13,15-18,27,29,33,35,38-42,46-47,59,66-67H,8,12,14,19-26,28,55,57H2,1-2H3,(H2,56,68)(H2,58,73)(H,60,79)(H,61,77)(H,62,75)(H,63,74)(H,64,78)(H,65,76)(H,69,70)(H,71,72)/t33?,35?,38-,39-,40-,41-,42-,46-,47-/m0/s1. The number of aliphatic hydroxyl groups is 1. The fourth-order valence-corrected chi connectivity index (χ4v) is 9.02. The number of phenolic OH excluding ortho intramolecular Hbond substituents is 1. The summed E-state index contributed by atoms with van der Waals surface area (Å²) in [4.78, 5) is 136. The fourth-order valence-electron chi connectivity index (χ4n) is 9.02. The van der Waals surface area contributed by atoms with E-state index in [2.05, 4.69) is 36.9 Å². The zero-order chi connectivity index (χ0) is 58.3. The highest BCUT2D eigenvalue weighted by molar-refractivity contribution is 5.98. The Morgan fingerprint density at radius 1 is 0.582 bits per heavy atom. The number of carboxylic acids is 2. The number of aromatic nitrogens is 1. The summed E-state index contributed by atoms with van der Waals surface area (Å²) in [6.07, 6.45) is -0.336. The number of hydrogen-bond acceptors (Lipinski definition) is 14. The van der Waals surface area contributed by atoms with Gasteiger partial charge in [0.05, 0.1) is 12.6 Å². The van der Waals surface area contributed by atoms with Gasteiger partial charge >= 0.3 is 11.9 Å². The molecule has 4 rings (SSSR count). The minimum Gasteiger partial charge on any atom is -0.508 e. The maximum Gasteiger partial charge on any atom is 0.303 e. The first-order valence-electron chi connectivity index (χ1n) is 25.8. The largest absolute Gasteiger partial charge is 0.508 e. The summed E-state index contributed by atoms with van der Waals surface area (Å²) in [5, 5.41) is 55.4. The number of aliphatic hydroxyl groups excluding tert-OH is 1. The second kappa shape index (κ2) is 31.1. The maximum absolute atomic E-state index is 14.6. The summed E-state index contributed by atoms with van der Waals surface area (Å²) in [5.41, 5.74) is 25.7. The minimum absolute atomic E-state index is 0.0345. The van der Waals surface area contributed by atoms with Gasteiger partial charge in [0.1, 0.15) is 42.0 Å². The molecular weight excluding hydrogens is 1030 g/mol. The van der Waals surface area contributed by atoms with Crippen molar-refractivity contribution in [3.63, 3.8) is 0 Å². The Morgan fingerprint density at radius 3 is 1.75 bits per heavy atom. The average molecular weight is 1100 g/mol. The van der Waals surface area contributed by atoms with Crippen LogP contribution in [0.15, 0.2) is 85.1 Å². The van der Waals surface area contributed by atoms with Gasteiger partial charge in [0, 0.05) is 54.6 Å². The Morgan fingerprint density at radius 2 is 1.14 bits per heavy atom. The Balaban J connectivity index is 1.64. The molecule has 0 saturated carbocycles. The number of H-pyrrole nitrogens is 1. The van der Waals surface area contributed by atoms with Gasteiger partial charge in [0.2, 0.25) is 47.3 Å². The van der Waals surface area contributed by atoms with Crippen LogP contribution in [0.4, 0.5) is 0 Å². The molecule has 8 amide bonds. The predicted molar refractivity (Wildman–Crippen MR) is 288 cm³/mol. The van der Waals surface area contributed by atoms with Gasteiger partial charge in [-0.05, 0) is 85.9 Å². The molecule has 3 aromatic carbocycles. The van der Waals surface area contributed by atoms with Gasteiger partial charge < -0.3 is 80.2 Å². The number of benzene rings is 3. The molecule has 0 spiro atoms. The zero-order valence-electron chi connectivity index (χ0n) is 44.0. The van der Waals surface area contributed by atoms with Crippen molar-refractivity contribution in [2.75, 3.05) is 13.2 Å². The second-order valence-corrected chi connectivity index (χ2v) is 19.6. The molecule has 2 unspecified atom stereocenters. The highest BCUT2D eigenvalue weighted by atomic mass is 16.4. The third kappa shape index (κ3) is 19.8. The van der Waals surface area contributed by atoms with E-state index in [0.29, 0.717) is 22.1 Å². The first kappa shape index (κ1) is 63.1. The van der Waals surface area contributed by atoms with Crippen molar-refractivity contribution < 1.29 is 68.4 Å². The molecule has 0 fully saturated rings. The van der Waals surface area contributed by atoms with Crippen molar-refractivity contribution in [2.24, 2.45) is 28.9 Å². The number of aromatic amines is 1. The number of hydrogen-bond donors (Lipinski definition) is 15. The molecule has 0 aliphatic carbocycles. The molecule has 19 N–H and O–H groups in total. The van der Waals surface area contributed by atoms with Gasteiger partial charge in [-0.3, -0.25) is 47.9 Å². The number of carbonyl (C=O) groups is 10. The number of nitrogens with one attached hydrogen (secondary N) is 7. The number of fused-ring (bicyclic) bond motifs is 1. The Kier molecular flexibility index (Phi) is 24.8. The first-order chi connectivity index (χ1) is 37.5. The number of carbonyl (C=O) groups excluding carboxylic acids is 8. The van der Waals surface area contributed by atoms with Gasteiger partial charge in [-0.2, -0.15) is 0 Å². The number of carboxylic acid groups (broad SMARTS) is 2. The lowest BCUT2D eigenvalue weighted by Crippen LogP contribution is -2.61. The molecule has 0 aliphatic rings. The van der Waals surface area contributed by atoms with Crippen molar-refractivity contribution in [1.29, 1.82) is 0 Å². The molecule has 9 atom stereocenters. The summed E-state index contributed by atoms with van der Waals surface area (Å²) < 4.78 is 0. The highest BCUT2D eigenvalue weighted by Gasteiger charge is 2.38. The van der Waals surface area contributed by atoms with Gasteiger partial charge in [0.25, 0.3) is 0 Å². The molecule has 4 aromatic rings. The number of amides is 8. The Hall–Kier alpha value is -8.42. The van der Waals surface area contributed by atoms with Crippen LogP contribution in [0.3, 0.4) is 0 Å². The minimum atomic E-state index is -1.76. The number of primary amides is 2. The van der Waals surface area contributed by atoms with Crippen LogP contribution in [-0.2, 0) is 54.4 Å². The van der Waals surface area contributed by atoms with Gasteiger partial charge in [-0.15, -0.1) is 0 Å². The van der Waals surface area contributed by atoms with Crippen LogP contribution in [0.25, 0.3) is 10.9 Å². The van der Waals surface area contributed by atoms with Crippen LogP contribution < -0.4 is 54.8 Å². The lowest BCUT2D eigenvalue weighted by Gasteiger charge is -2.31. The molecule has 79 heavy (non-hydrogen) atoms. The van der Waals surface area contributed by atoms with Crippen molar-refractivity contribution in [1.82, 2.24) is 36.9 Å². The number of aliphatic carboxylic acids is 2. The average Bonchev–Trinajstić information content (AvgIpc) is 3.84. The molecule has 25 nitrogen and oxygen atoms in total. The number of aromatic hydroxyl groups is 1. The summed E-state index contributed by atoms with van der Waals surface area (Å²) in [7, 11) is 0. The van der Waals surface area contributed by atoms with Crippen LogP contribution in [0.5, 0.6) is 5.75 Å². The third-order valence-electron chi connectivity index (χ3n) is 13.1. The first-order valence-corrected chi connectivity index (χ1v) is 25.8. The van der Waals surface area contributed by atoms with E-state index < -0.39 is 133 Å². The number of nitrogens with two attached hydrogens (primary N) is 4. The third-order valence-corrected chi connectivity index (χ3v) is 13.1. The van der Waals surface area contributed by atoms with Crippen molar-refractivity contribution in [2.45, 2.75) is 132 Å². The quantitative estimate of drug-likeness (QED) is 0.0280. The second-order valence-electron chi connectivity index (χ2n) is 19.6. The normalized spacial score (nSPS) is 14.7. The van der Waals surface area contributed by atoms with Crippen molar-refractivity contribution >= 4 is 70.1 Å². The molecule has 0 saturated heterocycles. The molecule has 25 heteroatoms. The van der Waals surface area contributed by atoms with E-state index in [1.165, 1.54) is 24.3 Å². The zero-order valence-corrected chi connectivity index (χ0v) is 44.0. The number of rotatable bonds is 34. The summed E-state index contributed by atoms with van der Waals surface area (Å²) in [5.74, 6) is -12.1. The topological polar surface area (TPSA) is 444 Å². The summed E-state index contributed by atoms with van der Waals surface area (Å²) in [6, 6.07) is 10.5. The van der Waals surface area contributed by atoms with Crippen LogP contribution in [-0.4, -0.2) is 140 Å². The molecule has 1 heterocycles. The number of phenols is 1. The smallest absolute Gasteiger partial charge is 0.303 e. The maximum atomic E-state index is 14.6. The van der Waals surface area contributed by atoms with Crippen molar-refractivity contribution in [3.8, 4) is 5.75 Å². The van der Waals surface area contributed by atoms with E-state index in [4.69, 9.17) is 22.9 Å². The molecular formula is C54H73N11O14. The molecule has 1 aromatic heterocycles. The van der Waals surface area contributed by atoms with Crippen LogP contribution in [0.2, 0.25) is 0 Å². The van der Waals surface area contributed by atoms with Crippen LogP contribution >= 0.6 is 0 Å². The fraction of sp³-hybridized carbons (Fsp3) is 0.444. The van der Waals surface area contributed by atoms with E-state index in [1.54, 1.807) is 74.6 Å². The van der Waals surface area contributed by atoms with Gasteiger partial charge in [0.15, 0.2) is 0 Å².